The van der Waals surface area contributed by atoms with Gasteiger partial charge in [0.25, 0.3) is 5.91 Å². The molecule has 2 saturated heterocycles. The highest BCUT2D eigenvalue weighted by Crippen LogP contribution is 2.21. The Morgan fingerprint density at radius 2 is 1.82 bits per heavy atom. The number of aliphatic hydroxyl groups excluding tert-OH is 1. The number of oxazole rings is 1. The number of aliphatic hydroxyl groups is 1. The first-order chi connectivity index (χ1) is 15.8. The van der Waals surface area contributed by atoms with E-state index in [2.05, 4.69) is 14.8 Å². The molecular formula is C24H41N5O4. The quantitative estimate of drug-likeness (QED) is 0.594. The fourth-order valence-electron chi connectivity index (χ4n) is 4.60. The van der Waals surface area contributed by atoms with Crippen molar-refractivity contribution in [2.45, 2.75) is 53.2 Å². The number of carbonyl (C=O) groups is 2. The van der Waals surface area contributed by atoms with Crippen LogP contribution in [0.5, 0.6) is 0 Å². The Labute approximate surface area is 197 Å². The van der Waals surface area contributed by atoms with E-state index >= 15 is 0 Å². The zero-order chi connectivity index (χ0) is 24.0. The zero-order valence-electron chi connectivity index (χ0n) is 20.7. The first kappa shape index (κ1) is 25.6. The summed E-state index contributed by atoms with van der Waals surface area (Å²) in [4.78, 5) is 38.4. The smallest absolute Gasteiger partial charge is 0.275 e. The van der Waals surface area contributed by atoms with Crippen molar-refractivity contribution in [2.75, 3.05) is 58.9 Å². The van der Waals surface area contributed by atoms with Crippen molar-refractivity contribution in [3.63, 3.8) is 0 Å². The lowest BCUT2D eigenvalue weighted by molar-refractivity contribution is -0.136. The molecule has 0 radical (unpaired) electrons. The topological polar surface area (TPSA) is 93.4 Å². The first-order valence-electron chi connectivity index (χ1n) is 12.5. The van der Waals surface area contributed by atoms with Gasteiger partial charge < -0.3 is 19.3 Å². The van der Waals surface area contributed by atoms with Crippen molar-refractivity contribution in [3.05, 3.63) is 17.8 Å². The number of carbonyl (C=O) groups excluding carboxylic acids is 2. The van der Waals surface area contributed by atoms with E-state index in [0.29, 0.717) is 50.9 Å². The third-order valence-corrected chi connectivity index (χ3v) is 6.94. The molecule has 9 heteroatoms. The average molecular weight is 464 g/mol. The van der Waals surface area contributed by atoms with Crippen LogP contribution in [0.4, 0.5) is 0 Å². The van der Waals surface area contributed by atoms with Crippen LogP contribution in [0.3, 0.4) is 0 Å². The van der Waals surface area contributed by atoms with Gasteiger partial charge in [-0.2, -0.15) is 0 Å². The fourth-order valence-corrected chi connectivity index (χ4v) is 4.60. The Hall–Kier alpha value is -1.97. The van der Waals surface area contributed by atoms with Crippen LogP contribution in [0.2, 0.25) is 0 Å². The van der Waals surface area contributed by atoms with Gasteiger partial charge in [0.1, 0.15) is 6.26 Å². The fraction of sp³-hybridized carbons (Fsp3) is 0.792. The molecule has 2 amide bonds. The van der Waals surface area contributed by atoms with E-state index in [-0.39, 0.29) is 29.8 Å². The minimum absolute atomic E-state index is 0.137. The number of β-amino-alcohol motifs (C(OH)–C–C–N with tert-alkyl or cyclic N) is 1. The number of piperazine rings is 1. The molecule has 0 aliphatic carbocycles. The standard InChI is InChI=1S/C24H41N5O4/c1-5-28(6-2)23(31)19-8-7-9-29(14-19)24(32)20-17-33-22(25-20)16-27-12-10-26(11-13-27)15-21(30)18(3)4/h17-19,21,30H,5-16H2,1-4H3. The maximum Gasteiger partial charge on any atom is 0.275 e. The molecule has 3 heterocycles. The summed E-state index contributed by atoms with van der Waals surface area (Å²) in [5.41, 5.74) is 0.319. The maximum atomic E-state index is 13.0. The van der Waals surface area contributed by atoms with Gasteiger partial charge in [0.05, 0.1) is 18.6 Å². The minimum Gasteiger partial charge on any atom is -0.447 e. The van der Waals surface area contributed by atoms with Crippen molar-refractivity contribution in [3.8, 4) is 0 Å². The second kappa shape index (κ2) is 11.9. The van der Waals surface area contributed by atoms with Gasteiger partial charge in [0, 0.05) is 58.9 Å². The van der Waals surface area contributed by atoms with Gasteiger partial charge in [-0.15, -0.1) is 0 Å². The van der Waals surface area contributed by atoms with Gasteiger partial charge in [0.15, 0.2) is 5.69 Å². The van der Waals surface area contributed by atoms with Crippen LogP contribution in [0.25, 0.3) is 0 Å². The van der Waals surface area contributed by atoms with Gasteiger partial charge >= 0.3 is 0 Å². The Kier molecular flexibility index (Phi) is 9.28. The summed E-state index contributed by atoms with van der Waals surface area (Å²) in [6, 6.07) is 0. The lowest BCUT2D eigenvalue weighted by atomic mass is 9.96. The highest BCUT2D eigenvalue weighted by molar-refractivity contribution is 5.92. The monoisotopic (exact) mass is 463 g/mol. The second-order valence-corrected chi connectivity index (χ2v) is 9.62. The summed E-state index contributed by atoms with van der Waals surface area (Å²) < 4.78 is 5.62. The highest BCUT2D eigenvalue weighted by atomic mass is 16.3. The number of aromatic nitrogens is 1. The van der Waals surface area contributed by atoms with Crippen molar-refractivity contribution in [2.24, 2.45) is 11.8 Å². The molecule has 186 valence electrons. The Morgan fingerprint density at radius 1 is 1.15 bits per heavy atom. The van der Waals surface area contributed by atoms with Crippen LogP contribution in [0.1, 0.15) is 56.9 Å². The number of amides is 2. The predicted octanol–water partition coefficient (Wildman–Crippen LogP) is 1.53. The number of hydrogen-bond acceptors (Lipinski definition) is 7. The summed E-state index contributed by atoms with van der Waals surface area (Å²) >= 11 is 0. The molecule has 0 aromatic carbocycles. The molecule has 0 bridgehead atoms. The molecule has 1 N–H and O–H groups in total. The number of rotatable bonds is 9. The molecule has 0 saturated carbocycles. The Morgan fingerprint density at radius 3 is 2.45 bits per heavy atom. The SMILES string of the molecule is CCN(CC)C(=O)C1CCCN(C(=O)c2coc(CN3CCN(CC(O)C(C)C)CC3)n2)C1. The molecule has 1 aromatic heterocycles. The van der Waals surface area contributed by atoms with E-state index in [1.165, 1.54) is 6.26 Å². The van der Waals surface area contributed by atoms with Crippen molar-refractivity contribution < 1.29 is 19.1 Å². The lowest BCUT2D eigenvalue weighted by Crippen LogP contribution is -2.48. The van der Waals surface area contributed by atoms with Gasteiger partial charge in [-0.25, -0.2) is 4.98 Å². The second-order valence-electron chi connectivity index (χ2n) is 9.62. The third-order valence-electron chi connectivity index (χ3n) is 6.94. The maximum absolute atomic E-state index is 13.0. The summed E-state index contributed by atoms with van der Waals surface area (Å²) in [7, 11) is 0. The number of likely N-dealkylation sites (tertiary alicyclic amines) is 1. The average Bonchev–Trinajstić information content (AvgIpc) is 3.29. The molecule has 2 unspecified atom stereocenters. The normalized spacial score (nSPS) is 21.4. The van der Waals surface area contributed by atoms with Crippen LogP contribution in [0.15, 0.2) is 10.7 Å². The Balaban J connectivity index is 1.50. The van der Waals surface area contributed by atoms with Crippen LogP contribution in [0, 0.1) is 11.8 Å². The van der Waals surface area contributed by atoms with Gasteiger partial charge in [-0.05, 0) is 32.6 Å². The van der Waals surface area contributed by atoms with Crippen LogP contribution in [-0.2, 0) is 11.3 Å². The molecule has 9 nitrogen and oxygen atoms in total. The van der Waals surface area contributed by atoms with E-state index in [0.717, 1.165) is 39.0 Å². The van der Waals surface area contributed by atoms with E-state index in [4.69, 9.17) is 4.42 Å². The van der Waals surface area contributed by atoms with Crippen molar-refractivity contribution in [1.82, 2.24) is 24.6 Å². The van der Waals surface area contributed by atoms with E-state index in [1.54, 1.807) is 4.90 Å². The Bertz CT molecular complexity index is 771. The largest absolute Gasteiger partial charge is 0.447 e. The van der Waals surface area contributed by atoms with E-state index < -0.39 is 0 Å². The van der Waals surface area contributed by atoms with Crippen molar-refractivity contribution >= 4 is 11.8 Å². The molecule has 0 spiro atoms. The molecule has 3 rings (SSSR count). The van der Waals surface area contributed by atoms with Crippen molar-refractivity contribution in [1.29, 1.82) is 0 Å². The molecule has 2 fully saturated rings. The molecule has 33 heavy (non-hydrogen) atoms. The summed E-state index contributed by atoms with van der Waals surface area (Å²) in [5.74, 6) is 0.644. The van der Waals surface area contributed by atoms with Gasteiger partial charge in [-0.3, -0.25) is 19.4 Å². The highest BCUT2D eigenvalue weighted by Gasteiger charge is 2.32. The summed E-state index contributed by atoms with van der Waals surface area (Å²) in [6.07, 6.45) is 2.80. The minimum atomic E-state index is -0.298. The number of nitrogens with zero attached hydrogens (tertiary/aromatic N) is 5. The summed E-state index contributed by atoms with van der Waals surface area (Å²) in [6.45, 7) is 15.3. The zero-order valence-corrected chi connectivity index (χ0v) is 20.7. The van der Waals surface area contributed by atoms with Crippen LogP contribution < -0.4 is 0 Å². The molecule has 2 aliphatic rings. The molecule has 2 aliphatic heterocycles. The van der Waals surface area contributed by atoms with E-state index in [9.17, 15) is 14.7 Å². The van der Waals surface area contributed by atoms with Gasteiger partial charge in [-0.1, -0.05) is 13.8 Å². The van der Waals surface area contributed by atoms with Gasteiger partial charge in [0.2, 0.25) is 11.8 Å². The van der Waals surface area contributed by atoms with Crippen LogP contribution in [-0.4, -0.2) is 107 Å². The van der Waals surface area contributed by atoms with E-state index in [1.807, 2.05) is 32.6 Å². The van der Waals surface area contributed by atoms with Crippen LogP contribution >= 0.6 is 0 Å². The predicted molar refractivity (Wildman–Crippen MR) is 126 cm³/mol. The lowest BCUT2D eigenvalue weighted by Gasteiger charge is -2.35. The number of hydrogen-bond donors (Lipinski definition) is 1. The number of piperidine rings is 1. The molecule has 1 aromatic rings. The molecule has 2 atom stereocenters. The third kappa shape index (κ3) is 6.77. The molecular weight excluding hydrogens is 422 g/mol. The summed E-state index contributed by atoms with van der Waals surface area (Å²) in [5, 5.41) is 10.1. The first-order valence-corrected chi connectivity index (χ1v) is 12.5.